The molecule has 0 aliphatic rings. The quantitative estimate of drug-likeness (QED) is 0.659. The zero-order valence-corrected chi connectivity index (χ0v) is 7.83. The van der Waals surface area contributed by atoms with Crippen LogP contribution < -0.4 is 0 Å². The Hall–Kier alpha value is -1.14. The molecule has 0 atom stereocenters. The minimum Gasteiger partial charge on any atom is -0.207 e. The van der Waals surface area contributed by atoms with Crippen molar-refractivity contribution in [1.29, 1.82) is 0 Å². The maximum absolute atomic E-state index is 11.0. The van der Waals surface area contributed by atoms with E-state index in [-0.39, 0.29) is 4.90 Å². The molecule has 0 radical (unpaired) electrons. The van der Waals surface area contributed by atoms with Gasteiger partial charge >= 0.3 is 0 Å². The van der Waals surface area contributed by atoms with Crippen molar-refractivity contribution in [3.8, 4) is 0 Å². The van der Waals surface area contributed by atoms with Crippen LogP contribution in [-0.2, 0) is 9.05 Å². The molecule has 7 heteroatoms. The van der Waals surface area contributed by atoms with Gasteiger partial charge in [-0.1, -0.05) is 0 Å². The summed E-state index contributed by atoms with van der Waals surface area (Å²) in [6, 6.07) is 3.19. The van der Waals surface area contributed by atoms with Gasteiger partial charge < -0.3 is 0 Å². The molecular formula is C6H4ClN3O2S. The predicted octanol–water partition coefficient (Wildman–Crippen LogP) is 0.657. The summed E-state index contributed by atoms with van der Waals surface area (Å²) in [4.78, 5) is -0.0257. The van der Waals surface area contributed by atoms with Crippen LogP contribution >= 0.6 is 10.7 Å². The molecule has 13 heavy (non-hydrogen) atoms. The number of aromatic nitrogens is 3. The van der Waals surface area contributed by atoms with Crippen LogP contribution in [0.5, 0.6) is 0 Å². The van der Waals surface area contributed by atoms with E-state index in [2.05, 4.69) is 10.2 Å². The number of halogens is 1. The highest BCUT2D eigenvalue weighted by atomic mass is 35.7. The summed E-state index contributed by atoms with van der Waals surface area (Å²) in [5, 5.41) is 7.52. The average molecular weight is 218 g/mol. The number of hydrogen-bond donors (Lipinski definition) is 0. The third-order valence-corrected chi connectivity index (χ3v) is 2.87. The molecule has 68 valence electrons. The Balaban J connectivity index is 2.87. The first-order valence-electron chi connectivity index (χ1n) is 3.33. The molecule has 0 bridgehead atoms. The lowest BCUT2D eigenvalue weighted by Gasteiger charge is -1.91. The normalized spacial score (nSPS) is 12.1. The highest BCUT2D eigenvalue weighted by Crippen LogP contribution is 2.18. The molecule has 5 nitrogen and oxygen atoms in total. The smallest absolute Gasteiger partial charge is 0.207 e. The van der Waals surface area contributed by atoms with Gasteiger partial charge in [0.1, 0.15) is 10.4 Å². The molecule has 0 saturated carbocycles. The van der Waals surface area contributed by atoms with E-state index < -0.39 is 9.05 Å². The summed E-state index contributed by atoms with van der Waals surface area (Å²) in [5.41, 5.74) is 0.373. The Labute approximate surface area is 78.4 Å². The van der Waals surface area contributed by atoms with Gasteiger partial charge in [0.15, 0.2) is 0 Å². The molecule has 2 aromatic heterocycles. The second-order valence-electron chi connectivity index (χ2n) is 2.35. The van der Waals surface area contributed by atoms with Crippen molar-refractivity contribution < 1.29 is 8.42 Å². The van der Waals surface area contributed by atoms with Crippen LogP contribution in [-0.4, -0.2) is 23.2 Å². The molecule has 0 aromatic carbocycles. The summed E-state index contributed by atoms with van der Waals surface area (Å²) in [6.07, 6.45) is 2.68. The van der Waals surface area contributed by atoms with Crippen molar-refractivity contribution in [3.05, 3.63) is 24.5 Å². The van der Waals surface area contributed by atoms with E-state index in [0.29, 0.717) is 5.52 Å². The first-order chi connectivity index (χ1) is 6.09. The maximum atomic E-state index is 11.0. The van der Waals surface area contributed by atoms with Crippen molar-refractivity contribution in [2.45, 2.75) is 4.90 Å². The average Bonchev–Trinajstić information content (AvgIpc) is 2.45. The fourth-order valence-electron chi connectivity index (χ4n) is 0.999. The predicted molar refractivity (Wildman–Crippen MR) is 46.0 cm³/mol. The van der Waals surface area contributed by atoms with Gasteiger partial charge in [-0.15, -0.1) is 0 Å². The van der Waals surface area contributed by atoms with Crippen LogP contribution in [0.2, 0.25) is 0 Å². The van der Waals surface area contributed by atoms with Gasteiger partial charge in [0.25, 0.3) is 9.05 Å². The summed E-state index contributed by atoms with van der Waals surface area (Å²) < 4.78 is 23.2. The topological polar surface area (TPSA) is 64.3 Å². The highest BCUT2D eigenvalue weighted by Gasteiger charge is 2.16. The van der Waals surface area contributed by atoms with Crippen molar-refractivity contribution in [3.63, 3.8) is 0 Å². The van der Waals surface area contributed by atoms with Crippen molar-refractivity contribution in [2.24, 2.45) is 0 Å². The van der Waals surface area contributed by atoms with E-state index in [1.807, 2.05) is 0 Å². The zero-order chi connectivity index (χ0) is 9.47. The van der Waals surface area contributed by atoms with Gasteiger partial charge in [0.2, 0.25) is 0 Å². The van der Waals surface area contributed by atoms with Crippen LogP contribution in [0.15, 0.2) is 29.4 Å². The van der Waals surface area contributed by atoms with Gasteiger partial charge in [-0.3, -0.25) is 0 Å². The van der Waals surface area contributed by atoms with E-state index in [9.17, 15) is 8.42 Å². The molecule has 0 aliphatic carbocycles. The first-order valence-corrected chi connectivity index (χ1v) is 5.64. The zero-order valence-electron chi connectivity index (χ0n) is 6.25. The lowest BCUT2D eigenvalue weighted by Crippen LogP contribution is -1.93. The lowest BCUT2D eigenvalue weighted by molar-refractivity contribution is 0.610. The van der Waals surface area contributed by atoms with Crippen LogP contribution in [0.1, 0.15) is 0 Å². The largest absolute Gasteiger partial charge is 0.265 e. The maximum Gasteiger partial charge on any atom is 0.265 e. The molecular weight excluding hydrogens is 214 g/mol. The summed E-state index contributed by atoms with van der Waals surface area (Å²) in [6.45, 7) is 0. The van der Waals surface area contributed by atoms with Crippen LogP contribution in [0.3, 0.4) is 0 Å². The van der Waals surface area contributed by atoms with Crippen molar-refractivity contribution in [1.82, 2.24) is 14.8 Å². The number of nitrogens with zero attached hydrogens (tertiary/aromatic N) is 3. The molecule has 0 spiro atoms. The van der Waals surface area contributed by atoms with Gasteiger partial charge in [-0.25, -0.2) is 8.42 Å². The standard InChI is InChI=1S/C6H4ClN3O2S/c7-13(11,12)6-4-9-10-5(6)2-1-3-8-10/h1-4H. The van der Waals surface area contributed by atoms with Crippen LogP contribution in [0, 0.1) is 0 Å². The van der Waals surface area contributed by atoms with E-state index in [0.717, 1.165) is 0 Å². The van der Waals surface area contributed by atoms with E-state index in [1.54, 1.807) is 12.1 Å². The minimum atomic E-state index is -3.74. The second-order valence-corrected chi connectivity index (χ2v) is 4.88. The van der Waals surface area contributed by atoms with Gasteiger partial charge in [0.05, 0.1) is 6.20 Å². The van der Waals surface area contributed by atoms with Gasteiger partial charge in [0, 0.05) is 16.9 Å². The molecule has 0 aliphatic heterocycles. The van der Waals surface area contributed by atoms with Gasteiger partial charge in [-0.2, -0.15) is 14.8 Å². The Morgan fingerprint density at radius 1 is 1.38 bits per heavy atom. The molecule has 2 rings (SSSR count). The Bertz CT molecular complexity index is 548. The molecule has 0 saturated heterocycles. The number of rotatable bonds is 1. The molecule has 0 fully saturated rings. The minimum absolute atomic E-state index is 0.0257. The molecule has 2 aromatic rings. The highest BCUT2D eigenvalue weighted by molar-refractivity contribution is 8.13. The van der Waals surface area contributed by atoms with E-state index in [1.165, 1.54) is 17.0 Å². The summed E-state index contributed by atoms with van der Waals surface area (Å²) in [7, 11) is 1.43. The fourth-order valence-corrected chi connectivity index (χ4v) is 1.93. The van der Waals surface area contributed by atoms with Crippen LogP contribution in [0.4, 0.5) is 0 Å². The van der Waals surface area contributed by atoms with E-state index >= 15 is 0 Å². The molecule has 0 unspecified atom stereocenters. The number of hydrogen-bond acceptors (Lipinski definition) is 4. The lowest BCUT2D eigenvalue weighted by atomic mass is 10.5. The van der Waals surface area contributed by atoms with E-state index in [4.69, 9.17) is 10.7 Å². The Kier molecular flexibility index (Phi) is 1.74. The molecule has 0 N–H and O–H groups in total. The third kappa shape index (κ3) is 1.38. The van der Waals surface area contributed by atoms with Crippen molar-refractivity contribution in [2.75, 3.05) is 0 Å². The number of fused-ring (bicyclic) bond motifs is 1. The summed E-state index contributed by atoms with van der Waals surface area (Å²) >= 11 is 0. The third-order valence-electron chi connectivity index (χ3n) is 1.53. The van der Waals surface area contributed by atoms with Gasteiger partial charge in [-0.05, 0) is 12.1 Å². The van der Waals surface area contributed by atoms with Crippen LogP contribution in [0.25, 0.3) is 5.52 Å². The molecule has 2 heterocycles. The molecule has 0 amide bonds. The Morgan fingerprint density at radius 2 is 2.15 bits per heavy atom. The van der Waals surface area contributed by atoms with Crippen molar-refractivity contribution >= 4 is 25.2 Å². The summed E-state index contributed by atoms with van der Waals surface area (Å²) in [5.74, 6) is 0. The second kappa shape index (κ2) is 2.68. The first kappa shape index (κ1) is 8.46. The Morgan fingerprint density at radius 3 is 2.85 bits per heavy atom. The monoisotopic (exact) mass is 217 g/mol. The fraction of sp³-hybridized carbons (Fsp3) is 0. The SMILES string of the molecule is O=S(=O)(Cl)c1cnn2ncccc12.